The van der Waals surface area contributed by atoms with Gasteiger partial charge in [0.2, 0.25) is 0 Å². The van der Waals surface area contributed by atoms with Crippen molar-refractivity contribution in [3.05, 3.63) is 252 Å². The molecule has 0 aliphatic carbocycles. The summed E-state index contributed by atoms with van der Waals surface area (Å²) in [5.41, 5.74) is 8.83. The number of hydrogen-bond donors (Lipinski definition) is 0. The van der Waals surface area contributed by atoms with Gasteiger partial charge in [-0.3, -0.25) is 19.6 Å². The molecule has 4 aromatic heterocycles. The first-order valence-electron chi connectivity index (χ1n) is 24.7. The summed E-state index contributed by atoms with van der Waals surface area (Å²) in [7, 11) is 0. The summed E-state index contributed by atoms with van der Waals surface area (Å²) in [6.07, 6.45) is 6.96. The fourth-order valence-corrected chi connectivity index (χ4v) is 10.4. The van der Waals surface area contributed by atoms with Gasteiger partial charge in [0.15, 0.2) is 0 Å². The van der Waals surface area contributed by atoms with Crippen LogP contribution in [0.15, 0.2) is 207 Å². The molecule has 0 unspecified atom stereocenters. The van der Waals surface area contributed by atoms with Crippen molar-refractivity contribution < 1.29 is 17.6 Å². The minimum Gasteiger partial charge on any atom is -0.294 e. The van der Waals surface area contributed by atoms with E-state index in [-0.39, 0.29) is 0 Å². The minimum atomic E-state index is -0.395. The third-order valence-corrected chi connectivity index (χ3v) is 13.9. The van der Waals surface area contributed by atoms with E-state index in [1.54, 1.807) is 73.3 Å². The van der Waals surface area contributed by atoms with E-state index < -0.39 is 23.3 Å². The summed E-state index contributed by atoms with van der Waals surface area (Å²) in [6, 6.07) is 53.5. The lowest BCUT2D eigenvalue weighted by molar-refractivity contribution is 0.627. The predicted octanol–water partition coefficient (Wildman–Crippen LogP) is 17.8. The van der Waals surface area contributed by atoms with Gasteiger partial charge in [-0.05, 0) is 183 Å². The lowest BCUT2D eigenvalue weighted by Crippen LogP contribution is -2.18. The van der Waals surface area contributed by atoms with Gasteiger partial charge in [0.25, 0.3) is 0 Å². The fraction of sp³-hybridized carbons (Fsp3) is 0.0625. The van der Waals surface area contributed by atoms with E-state index in [9.17, 15) is 0 Å². The van der Waals surface area contributed by atoms with Crippen LogP contribution in [0.5, 0.6) is 0 Å². The average molecular weight is 1000 g/mol. The van der Waals surface area contributed by atoms with Crippen molar-refractivity contribution >= 4 is 101 Å². The Morgan fingerprint density at radius 2 is 0.487 bits per heavy atom. The Hall–Kier alpha value is -9.68. The van der Waals surface area contributed by atoms with Gasteiger partial charge in [-0.25, -0.2) is 37.5 Å². The number of nitrogens with zero attached hydrogens (tertiary/aromatic N) is 8. The van der Waals surface area contributed by atoms with Crippen molar-refractivity contribution in [2.24, 2.45) is 0 Å². The van der Waals surface area contributed by atoms with Crippen LogP contribution in [0.25, 0.3) is 32.3 Å². The summed E-state index contributed by atoms with van der Waals surface area (Å²) >= 11 is 0. The average Bonchev–Trinajstić information content (AvgIpc) is 3.63. The molecule has 76 heavy (non-hydrogen) atoms. The Kier molecular flexibility index (Phi) is 12.0. The van der Waals surface area contributed by atoms with E-state index in [0.717, 1.165) is 54.6 Å². The van der Waals surface area contributed by atoms with Gasteiger partial charge in [-0.1, -0.05) is 48.5 Å². The van der Waals surface area contributed by atoms with Crippen molar-refractivity contribution in [1.82, 2.24) is 19.9 Å². The van der Waals surface area contributed by atoms with Gasteiger partial charge in [-0.15, -0.1) is 0 Å². The number of aromatic nitrogens is 4. The molecule has 0 saturated heterocycles. The van der Waals surface area contributed by atoms with E-state index in [2.05, 4.69) is 36.4 Å². The van der Waals surface area contributed by atoms with Crippen LogP contribution in [0.1, 0.15) is 22.3 Å². The molecule has 0 aliphatic heterocycles. The highest BCUT2D eigenvalue weighted by Crippen LogP contribution is 2.55. The van der Waals surface area contributed by atoms with Gasteiger partial charge in [0.05, 0.1) is 22.7 Å². The Morgan fingerprint density at radius 3 is 0.684 bits per heavy atom. The second kappa shape index (κ2) is 19.3. The van der Waals surface area contributed by atoms with Crippen LogP contribution < -0.4 is 19.6 Å². The summed E-state index contributed by atoms with van der Waals surface area (Å²) in [6.45, 7) is 7.96. The molecule has 0 aliphatic rings. The van der Waals surface area contributed by atoms with E-state index in [1.165, 1.54) is 48.5 Å². The topological polar surface area (TPSA) is 64.5 Å². The van der Waals surface area contributed by atoms with Crippen LogP contribution >= 0.6 is 0 Å². The summed E-state index contributed by atoms with van der Waals surface area (Å²) in [4.78, 5) is 28.2. The quantitative estimate of drug-likeness (QED) is 0.0886. The van der Waals surface area contributed by atoms with Gasteiger partial charge >= 0.3 is 0 Å². The first-order valence-corrected chi connectivity index (χ1v) is 24.7. The zero-order valence-corrected chi connectivity index (χ0v) is 41.7. The number of anilines is 12. The van der Waals surface area contributed by atoms with Gasteiger partial charge in [-0.2, -0.15) is 0 Å². The fourth-order valence-electron chi connectivity index (χ4n) is 10.4. The second-order valence-corrected chi connectivity index (χ2v) is 18.7. The van der Waals surface area contributed by atoms with Crippen LogP contribution in [0.4, 0.5) is 86.3 Å². The molecule has 8 nitrogen and oxygen atoms in total. The Morgan fingerprint density at radius 1 is 0.276 bits per heavy atom. The maximum atomic E-state index is 15.0. The highest BCUT2D eigenvalue weighted by molar-refractivity contribution is 6.33. The monoisotopic (exact) mass is 1000 g/mol. The Labute approximate surface area is 436 Å². The van der Waals surface area contributed by atoms with Crippen LogP contribution in [0, 0.1) is 51.0 Å². The smallest absolute Gasteiger partial charge is 0.140 e. The molecule has 0 radical (unpaired) electrons. The lowest BCUT2D eigenvalue weighted by atomic mass is 9.89. The van der Waals surface area contributed by atoms with Crippen LogP contribution in [-0.2, 0) is 0 Å². The summed E-state index contributed by atoms with van der Waals surface area (Å²) in [5.74, 6) is 0.865. The standard InChI is InChI=1S/C64H46F4N8/c1-39-9-5-33-69-61(39)73(47-21-13-43(65)14-22-47)55-37-56(74(48-23-15-44(66)16-24-48)62-40(2)10-6-34-70-62)52-31-32-54-58(76(50-27-19-46(68)20-28-50)64-42(4)12-8-36-72-64)38-57(53-30-29-51(55)59(52)60(53)54)75(49-25-17-45(67)18-26-49)63-41(3)11-7-35-71-63/h5-38H,1-4H3. The molecule has 12 heteroatoms. The predicted molar refractivity (Wildman–Crippen MR) is 299 cm³/mol. The highest BCUT2D eigenvalue weighted by atomic mass is 19.1. The number of rotatable bonds is 12. The first kappa shape index (κ1) is 47.3. The van der Waals surface area contributed by atoms with E-state index in [1.807, 2.05) is 95.8 Å². The minimum absolute atomic E-state index is 0.395. The van der Waals surface area contributed by atoms with Crippen molar-refractivity contribution in [3.63, 3.8) is 0 Å². The number of aryl methyl sites for hydroxylation is 4. The maximum absolute atomic E-state index is 15.0. The molecule has 0 spiro atoms. The third-order valence-electron chi connectivity index (χ3n) is 13.9. The van der Waals surface area contributed by atoms with Crippen LogP contribution in [0.3, 0.4) is 0 Å². The molecular weight excluding hydrogens is 957 g/mol. The molecule has 0 N–H and O–H groups in total. The van der Waals surface area contributed by atoms with Gasteiger partial charge in [0.1, 0.15) is 46.5 Å². The van der Waals surface area contributed by atoms with Crippen LogP contribution in [-0.4, -0.2) is 19.9 Å². The van der Waals surface area contributed by atoms with Crippen LogP contribution in [0.2, 0.25) is 0 Å². The number of halogens is 4. The molecular formula is C64H46F4N8. The van der Waals surface area contributed by atoms with Crippen molar-refractivity contribution in [2.45, 2.75) is 27.7 Å². The molecule has 0 fully saturated rings. The third kappa shape index (κ3) is 8.30. The molecule has 8 aromatic carbocycles. The zero-order valence-electron chi connectivity index (χ0n) is 41.7. The molecule has 0 amide bonds. The molecule has 0 saturated carbocycles. The van der Waals surface area contributed by atoms with Crippen molar-refractivity contribution in [2.75, 3.05) is 19.6 Å². The molecule has 0 atom stereocenters. The lowest BCUT2D eigenvalue weighted by Gasteiger charge is -2.34. The van der Waals surface area contributed by atoms with E-state index in [4.69, 9.17) is 19.9 Å². The van der Waals surface area contributed by atoms with Gasteiger partial charge < -0.3 is 0 Å². The van der Waals surface area contributed by atoms with Crippen molar-refractivity contribution in [3.8, 4) is 0 Å². The number of pyridine rings is 4. The Balaban J connectivity index is 1.31. The van der Waals surface area contributed by atoms with E-state index in [0.29, 0.717) is 68.8 Å². The molecule has 12 aromatic rings. The van der Waals surface area contributed by atoms with E-state index >= 15 is 17.6 Å². The zero-order chi connectivity index (χ0) is 52.2. The molecule has 370 valence electrons. The first-order chi connectivity index (χ1) is 37.0. The molecule has 0 bridgehead atoms. The highest BCUT2D eigenvalue weighted by Gasteiger charge is 2.31. The normalized spacial score (nSPS) is 11.4. The number of hydrogen-bond acceptors (Lipinski definition) is 8. The molecule has 12 rings (SSSR count). The SMILES string of the molecule is Cc1cccnc1N(c1ccc(F)cc1)c1cc(N(c2ccc(F)cc2)c2ncccc2C)c2ccc3c(N(c4ccc(F)cc4)c4ncccc4C)cc(N(c4ccc(F)cc4)c4ncccc4C)c4ccc1c2c43. The number of benzene rings is 8. The maximum Gasteiger partial charge on any atom is 0.140 e. The molecule has 4 heterocycles. The second-order valence-electron chi connectivity index (χ2n) is 18.7. The van der Waals surface area contributed by atoms with Gasteiger partial charge in [0, 0.05) is 79.9 Å². The Bertz CT molecular complexity index is 3590. The largest absolute Gasteiger partial charge is 0.294 e. The summed E-state index contributed by atoms with van der Waals surface area (Å²) < 4.78 is 60.1. The summed E-state index contributed by atoms with van der Waals surface area (Å²) in [5, 5.41) is 4.93. The van der Waals surface area contributed by atoms with Crippen molar-refractivity contribution in [1.29, 1.82) is 0 Å².